The second-order valence-electron chi connectivity index (χ2n) is 20.1. The Bertz CT molecular complexity index is 4260. The zero-order valence-corrected chi connectivity index (χ0v) is 41.2. The summed E-state index contributed by atoms with van der Waals surface area (Å²) in [5.74, 6) is 0. The van der Waals surface area contributed by atoms with E-state index in [1.807, 2.05) is 0 Å². The molecule has 0 fully saturated rings. The standard InChI is InChI=1S/C73H48N2/c1-3-15-48(16-4-1)50-19-11-21-52(39-50)54-23-13-25-56(41-54)58-33-37-72-68(44-58)64-27-7-9-29-70(64)74(72)62-35-31-60-43-61-32-36-63(47-67(61)66(60)46-62)75-71-30-10-8-28-65(71)69-45-59(34-38-73(69)75)57-26-14-24-55(42-57)53-22-12-20-51(40-53)49-17-5-2-6-18-49/h1-42,44-47H,43H2. The SMILES string of the molecule is c1ccc(-c2cccc(-c3cccc(-c4ccc5c(c4)c4ccccc4n5-c4ccc5c(c4)-c4cc(-n6c7ccccc7c7cc(-c8cccc(-c9cccc(-c%10ccccc%10)c9)c8)ccc76)ccc4C5)c3)c2)cc1. The molecule has 0 radical (unpaired) electrons. The van der Waals surface area contributed by atoms with Crippen LogP contribution in [0, 0.1) is 0 Å². The van der Waals surface area contributed by atoms with E-state index in [9.17, 15) is 0 Å². The Hall–Kier alpha value is -9.76. The maximum atomic E-state index is 2.46. The minimum atomic E-state index is 0.920. The molecule has 0 amide bonds. The van der Waals surface area contributed by atoms with Crippen LogP contribution < -0.4 is 0 Å². The number of hydrogen-bond acceptors (Lipinski definition) is 0. The fraction of sp³-hybridized carbons (Fsp3) is 0.0137. The van der Waals surface area contributed by atoms with Crippen LogP contribution in [0.1, 0.15) is 11.1 Å². The summed E-state index contributed by atoms with van der Waals surface area (Å²) in [6.07, 6.45) is 0.920. The van der Waals surface area contributed by atoms with Gasteiger partial charge in [-0.1, -0.05) is 194 Å². The third kappa shape index (κ3) is 7.33. The van der Waals surface area contributed by atoms with Gasteiger partial charge < -0.3 is 9.13 Å². The highest BCUT2D eigenvalue weighted by Crippen LogP contribution is 2.44. The van der Waals surface area contributed by atoms with Crippen molar-refractivity contribution in [2.45, 2.75) is 6.42 Å². The lowest BCUT2D eigenvalue weighted by Gasteiger charge is -2.13. The van der Waals surface area contributed by atoms with Gasteiger partial charge in [-0.2, -0.15) is 0 Å². The Morgan fingerprint density at radius 2 is 0.507 bits per heavy atom. The van der Waals surface area contributed by atoms with Gasteiger partial charge in [0.05, 0.1) is 22.1 Å². The Labute approximate surface area is 436 Å². The van der Waals surface area contributed by atoms with Crippen molar-refractivity contribution in [3.05, 3.63) is 290 Å². The average molecular weight is 953 g/mol. The topological polar surface area (TPSA) is 9.86 Å². The molecule has 0 N–H and O–H groups in total. The first-order chi connectivity index (χ1) is 37.1. The molecule has 12 aromatic carbocycles. The van der Waals surface area contributed by atoms with Gasteiger partial charge in [-0.3, -0.25) is 0 Å². The fourth-order valence-corrected chi connectivity index (χ4v) is 12.1. The number of aromatic nitrogens is 2. The van der Waals surface area contributed by atoms with Crippen molar-refractivity contribution in [2.24, 2.45) is 0 Å². The van der Waals surface area contributed by atoms with E-state index < -0.39 is 0 Å². The van der Waals surface area contributed by atoms with E-state index in [4.69, 9.17) is 0 Å². The van der Waals surface area contributed by atoms with Crippen LogP contribution in [0.4, 0.5) is 0 Å². The molecule has 350 valence electrons. The molecule has 0 saturated carbocycles. The largest absolute Gasteiger partial charge is 0.309 e. The molecule has 2 aromatic heterocycles. The molecule has 15 rings (SSSR count). The normalized spacial score (nSPS) is 11.9. The first-order valence-electron chi connectivity index (χ1n) is 26.0. The number of nitrogens with zero attached hydrogens (tertiary/aromatic N) is 2. The highest BCUT2D eigenvalue weighted by molar-refractivity contribution is 6.12. The highest BCUT2D eigenvalue weighted by Gasteiger charge is 2.23. The van der Waals surface area contributed by atoms with Gasteiger partial charge >= 0.3 is 0 Å². The predicted octanol–water partition coefficient (Wildman–Crippen LogP) is 19.5. The monoisotopic (exact) mass is 952 g/mol. The van der Waals surface area contributed by atoms with Crippen LogP contribution in [0.2, 0.25) is 0 Å². The molecule has 2 heterocycles. The molecule has 0 bridgehead atoms. The lowest BCUT2D eigenvalue weighted by atomic mass is 9.96. The molecule has 2 nitrogen and oxygen atoms in total. The molecule has 1 aliphatic rings. The molecule has 0 aliphatic heterocycles. The van der Waals surface area contributed by atoms with Gasteiger partial charge in [0.2, 0.25) is 0 Å². The van der Waals surface area contributed by atoms with Crippen LogP contribution in [-0.4, -0.2) is 9.13 Å². The van der Waals surface area contributed by atoms with E-state index in [-0.39, 0.29) is 0 Å². The van der Waals surface area contributed by atoms with Crippen LogP contribution >= 0.6 is 0 Å². The number of hydrogen-bond donors (Lipinski definition) is 0. The van der Waals surface area contributed by atoms with Gasteiger partial charge in [0.25, 0.3) is 0 Å². The third-order valence-electron chi connectivity index (χ3n) is 15.7. The van der Waals surface area contributed by atoms with Crippen molar-refractivity contribution in [3.8, 4) is 89.3 Å². The van der Waals surface area contributed by atoms with E-state index >= 15 is 0 Å². The molecular weight excluding hydrogens is 905 g/mol. The molecule has 1 aliphatic carbocycles. The van der Waals surface area contributed by atoms with Crippen LogP contribution in [0.5, 0.6) is 0 Å². The summed E-state index contributed by atoms with van der Waals surface area (Å²) in [6, 6.07) is 103. The summed E-state index contributed by atoms with van der Waals surface area (Å²) in [6.45, 7) is 0. The number of rotatable bonds is 8. The Kier molecular flexibility index (Phi) is 9.99. The van der Waals surface area contributed by atoms with Crippen LogP contribution in [-0.2, 0) is 6.42 Å². The molecule has 75 heavy (non-hydrogen) atoms. The minimum Gasteiger partial charge on any atom is -0.309 e. The second kappa shape index (κ2) is 17.5. The van der Waals surface area contributed by atoms with E-state index in [1.165, 1.54) is 144 Å². The third-order valence-corrected chi connectivity index (χ3v) is 15.7. The number of para-hydroxylation sites is 2. The van der Waals surface area contributed by atoms with Crippen molar-refractivity contribution in [2.75, 3.05) is 0 Å². The van der Waals surface area contributed by atoms with Gasteiger partial charge in [0.15, 0.2) is 0 Å². The zero-order chi connectivity index (χ0) is 49.4. The molecule has 0 unspecified atom stereocenters. The highest BCUT2D eigenvalue weighted by atomic mass is 15.0. The van der Waals surface area contributed by atoms with E-state index in [2.05, 4.69) is 288 Å². The predicted molar refractivity (Wildman–Crippen MR) is 316 cm³/mol. The zero-order valence-electron chi connectivity index (χ0n) is 41.2. The molecule has 2 heteroatoms. The Morgan fingerprint density at radius 3 is 0.893 bits per heavy atom. The molecule has 14 aromatic rings. The molecule has 0 atom stereocenters. The van der Waals surface area contributed by atoms with Crippen molar-refractivity contribution >= 4 is 43.6 Å². The van der Waals surface area contributed by atoms with E-state index in [1.54, 1.807) is 0 Å². The summed E-state index contributed by atoms with van der Waals surface area (Å²) in [5.41, 5.74) is 27.1. The summed E-state index contributed by atoms with van der Waals surface area (Å²) in [5, 5.41) is 5.00. The van der Waals surface area contributed by atoms with Gasteiger partial charge in [-0.05, 0) is 180 Å². The first kappa shape index (κ1) is 42.9. The van der Waals surface area contributed by atoms with Crippen LogP contribution in [0.15, 0.2) is 279 Å². The summed E-state index contributed by atoms with van der Waals surface area (Å²) < 4.78 is 4.92. The van der Waals surface area contributed by atoms with Gasteiger partial charge in [0, 0.05) is 32.9 Å². The van der Waals surface area contributed by atoms with Crippen LogP contribution in [0.3, 0.4) is 0 Å². The van der Waals surface area contributed by atoms with Crippen molar-refractivity contribution in [1.82, 2.24) is 9.13 Å². The van der Waals surface area contributed by atoms with Gasteiger partial charge in [-0.15, -0.1) is 0 Å². The molecule has 0 spiro atoms. The van der Waals surface area contributed by atoms with Crippen LogP contribution in [0.25, 0.3) is 133 Å². The van der Waals surface area contributed by atoms with E-state index in [0.29, 0.717) is 0 Å². The second-order valence-corrected chi connectivity index (χ2v) is 20.1. The maximum Gasteiger partial charge on any atom is 0.0541 e. The smallest absolute Gasteiger partial charge is 0.0541 e. The summed E-state index contributed by atoms with van der Waals surface area (Å²) >= 11 is 0. The van der Waals surface area contributed by atoms with Crippen molar-refractivity contribution in [3.63, 3.8) is 0 Å². The number of benzene rings is 12. The number of fused-ring (bicyclic) bond motifs is 9. The van der Waals surface area contributed by atoms with Gasteiger partial charge in [0.1, 0.15) is 0 Å². The average Bonchev–Trinajstić information content (AvgIpc) is 4.14. The van der Waals surface area contributed by atoms with Crippen molar-refractivity contribution < 1.29 is 0 Å². The Morgan fingerprint density at radius 1 is 0.200 bits per heavy atom. The quantitative estimate of drug-likeness (QED) is 0.144. The lowest BCUT2D eigenvalue weighted by Crippen LogP contribution is -1.96. The molecule has 0 saturated heterocycles. The van der Waals surface area contributed by atoms with Gasteiger partial charge in [-0.25, -0.2) is 0 Å². The Balaban J connectivity index is 0.781. The maximum absolute atomic E-state index is 2.46. The van der Waals surface area contributed by atoms with E-state index in [0.717, 1.165) is 6.42 Å². The van der Waals surface area contributed by atoms with Crippen molar-refractivity contribution in [1.29, 1.82) is 0 Å². The lowest BCUT2D eigenvalue weighted by molar-refractivity contribution is 1.17. The summed E-state index contributed by atoms with van der Waals surface area (Å²) in [7, 11) is 0. The molecular formula is C73H48N2. The first-order valence-corrected chi connectivity index (χ1v) is 26.0. The summed E-state index contributed by atoms with van der Waals surface area (Å²) in [4.78, 5) is 0. The minimum absolute atomic E-state index is 0.920. The fourth-order valence-electron chi connectivity index (χ4n) is 12.1.